The number of hydrogen-bond donors (Lipinski definition) is 2. The highest BCUT2D eigenvalue weighted by Gasteiger charge is 2.14. The van der Waals surface area contributed by atoms with Crippen LogP contribution in [0, 0.1) is 19.8 Å². The van der Waals surface area contributed by atoms with E-state index in [1.165, 1.54) is 0 Å². The molecule has 0 radical (unpaired) electrons. The summed E-state index contributed by atoms with van der Waals surface area (Å²) < 4.78 is 26.6. The van der Waals surface area contributed by atoms with E-state index in [4.69, 9.17) is 5.73 Å². The quantitative estimate of drug-likeness (QED) is 0.808. The van der Waals surface area contributed by atoms with Crippen molar-refractivity contribution in [2.45, 2.75) is 34.1 Å². The molecule has 0 aliphatic rings. The summed E-state index contributed by atoms with van der Waals surface area (Å²) in [6.45, 7) is 7.72. The van der Waals surface area contributed by atoms with Gasteiger partial charge in [-0.25, -0.2) is 8.42 Å². The van der Waals surface area contributed by atoms with Gasteiger partial charge in [0.05, 0.1) is 11.4 Å². The van der Waals surface area contributed by atoms with Crippen LogP contribution >= 0.6 is 0 Å². The third-order valence-corrected chi connectivity index (χ3v) is 4.06. The van der Waals surface area contributed by atoms with Gasteiger partial charge in [-0.15, -0.1) is 0 Å². The molecular formula is C13H22N2O2S. The molecule has 0 fully saturated rings. The van der Waals surface area contributed by atoms with Crippen LogP contribution in [-0.2, 0) is 10.0 Å². The second-order valence-electron chi connectivity index (χ2n) is 5.13. The van der Waals surface area contributed by atoms with Crippen LogP contribution in [0.5, 0.6) is 0 Å². The van der Waals surface area contributed by atoms with E-state index in [-0.39, 0.29) is 5.75 Å². The first-order chi connectivity index (χ1) is 8.21. The zero-order valence-electron chi connectivity index (χ0n) is 11.4. The smallest absolute Gasteiger partial charge is 0.232 e. The zero-order valence-corrected chi connectivity index (χ0v) is 12.3. The van der Waals surface area contributed by atoms with Crippen molar-refractivity contribution in [3.05, 3.63) is 23.3 Å². The molecule has 0 aromatic heterocycles. The Labute approximate surface area is 110 Å². The van der Waals surface area contributed by atoms with Gasteiger partial charge in [0.25, 0.3) is 0 Å². The molecule has 1 rings (SSSR count). The van der Waals surface area contributed by atoms with Gasteiger partial charge < -0.3 is 5.73 Å². The van der Waals surface area contributed by atoms with Gasteiger partial charge in [-0.2, -0.15) is 0 Å². The van der Waals surface area contributed by atoms with Crippen molar-refractivity contribution < 1.29 is 8.42 Å². The number of rotatable bonds is 5. The van der Waals surface area contributed by atoms with Crippen LogP contribution < -0.4 is 10.5 Å². The Morgan fingerprint density at radius 3 is 2.17 bits per heavy atom. The lowest BCUT2D eigenvalue weighted by atomic mass is 10.1. The zero-order chi connectivity index (χ0) is 13.9. The fourth-order valence-electron chi connectivity index (χ4n) is 1.76. The first-order valence-corrected chi connectivity index (χ1v) is 7.73. The van der Waals surface area contributed by atoms with Crippen LogP contribution in [0.2, 0.25) is 0 Å². The molecule has 0 saturated carbocycles. The number of sulfonamides is 1. The molecule has 3 N–H and O–H groups in total. The van der Waals surface area contributed by atoms with Gasteiger partial charge in [0.15, 0.2) is 0 Å². The van der Waals surface area contributed by atoms with Crippen molar-refractivity contribution in [2.75, 3.05) is 16.2 Å². The van der Waals surface area contributed by atoms with Gasteiger partial charge >= 0.3 is 0 Å². The lowest BCUT2D eigenvalue weighted by Crippen LogP contribution is -2.19. The molecule has 0 heterocycles. The van der Waals surface area contributed by atoms with Crippen molar-refractivity contribution >= 4 is 21.4 Å². The van der Waals surface area contributed by atoms with E-state index in [9.17, 15) is 8.42 Å². The first kappa shape index (κ1) is 14.8. The van der Waals surface area contributed by atoms with Crippen molar-refractivity contribution in [2.24, 2.45) is 5.92 Å². The number of nitrogens with two attached hydrogens (primary N) is 1. The van der Waals surface area contributed by atoms with Crippen LogP contribution in [-0.4, -0.2) is 14.2 Å². The molecule has 0 spiro atoms. The van der Waals surface area contributed by atoms with Crippen molar-refractivity contribution in [1.82, 2.24) is 0 Å². The molecule has 4 nitrogen and oxygen atoms in total. The van der Waals surface area contributed by atoms with E-state index >= 15 is 0 Å². The SMILES string of the molecule is Cc1cc(N)cc(C)c1NS(=O)(=O)CCC(C)C. The largest absolute Gasteiger partial charge is 0.399 e. The highest BCUT2D eigenvalue weighted by atomic mass is 32.2. The van der Waals surface area contributed by atoms with Gasteiger partial charge in [-0.1, -0.05) is 13.8 Å². The minimum Gasteiger partial charge on any atom is -0.399 e. The van der Waals surface area contributed by atoms with Crippen molar-refractivity contribution in [3.8, 4) is 0 Å². The maximum absolute atomic E-state index is 12.0. The number of aryl methyl sites for hydroxylation is 2. The molecule has 0 aliphatic heterocycles. The summed E-state index contributed by atoms with van der Waals surface area (Å²) in [6, 6.07) is 3.54. The highest BCUT2D eigenvalue weighted by molar-refractivity contribution is 7.92. The van der Waals surface area contributed by atoms with Crippen LogP contribution in [0.3, 0.4) is 0 Å². The summed E-state index contributed by atoms with van der Waals surface area (Å²) in [5, 5.41) is 0. The maximum Gasteiger partial charge on any atom is 0.232 e. The number of nitrogens with one attached hydrogen (secondary N) is 1. The van der Waals surface area contributed by atoms with E-state index in [1.807, 2.05) is 27.7 Å². The Kier molecular flexibility index (Phi) is 4.62. The molecular weight excluding hydrogens is 248 g/mol. The first-order valence-electron chi connectivity index (χ1n) is 6.08. The Morgan fingerprint density at radius 2 is 1.72 bits per heavy atom. The predicted molar refractivity (Wildman–Crippen MR) is 77.2 cm³/mol. The average Bonchev–Trinajstić information content (AvgIpc) is 2.21. The molecule has 0 atom stereocenters. The number of benzene rings is 1. The monoisotopic (exact) mass is 270 g/mol. The third-order valence-electron chi connectivity index (χ3n) is 2.78. The van der Waals surface area contributed by atoms with Crippen LogP contribution in [0.15, 0.2) is 12.1 Å². The van der Waals surface area contributed by atoms with Crippen LogP contribution in [0.1, 0.15) is 31.4 Å². The van der Waals surface area contributed by atoms with E-state index in [0.717, 1.165) is 11.1 Å². The summed E-state index contributed by atoms with van der Waals surface area (Å²) in [6.07, 6.45) is 0.655. The fraction of sp³-hybridized carbons (Fsp3) is 0.538. The van der Waals surface area contributed by atoms with Gasteiger partial charge in [0, 0.05) is 5.69 Å². The summed E-state index contributed by atoms with van der Waals surface area (Å²) in [5.41, 5.74) is 8.70. The van der Waals surface area contributed by atoms with E-state index in [1.54, 1.807) is 12.1 Å². The van der Waals surface area contributed by atoms with Crippen molar-refractivity contribution in [1.29, 1.82) is 0 Å². The number of hydrogen-bond acceptors (Lipinski definition) is 3. The maximum atomic E-state index is 12.0. The lowest BCUT2D eigenvalue weighted by Gasteiger charge is -2.14. The molecule has 102 valence electrons. The molecule has 0 bridgehead atoms. The van der Waals surface area contributed by atoms with Crippen LogP contribution in [0.4, 0.5) is 11.4 Å². The normalized spacial score (nSPS) is 11.8. The fourth-order valence-corrected chi connectivity index (χ4v) is 3.27. The molecule has 1 aromatic carbocycles. The van der Waals surface area contributed by atoms with Gasteiger partial charge in [0.2, 0.25) is 10.0 Å². The van der Waals surface area contributed by atoms with E-state index in [0.29, 0.717) is 23.7 Å². The minimum absolute atomic E-state index is 0.147. The lowest BCUT2D eigenvalue weighted by molar-refractivity contribution is 0.578. The predicted octanol–water partition coefficient (Wildman–Crippen LogP) is 2.67. The van der Waals surface area contributed by atoms with Gasteiger partial charge in [-0.05, 0) is 49.4 Å². The topological polar surface area (TPSA) is 72.2 Å². The van der Waals surface area contributed by atoms with Crippen LogP contribution in [0.25, 0.3) is 0 Å². The molecule has 0 aliphatic carbocycles. The Bertz CT molecular complexity index is 499. The standard InChI is InChI=1S/C13H22N2O2S/c1-9(2)5-6-18(16,17)15-13-10(3)7-12(14)8-11(13)4/h7-9,15H,5-6,14H2,1-4H3. The number of anilines is 2. The molecule has 1 aromatic rings. The summed E-state index contributed by atoms with van der Waals surface area (Å²) in [7, 11) is -3.28. The summed E-state index contributed by atoms with van der Waals surface area (Å²) >= 11 is 0. The summed E-state index contributed by atoms with van der Waals surface area (Å²) in [5.74, 6) is 0.517. The number of nitrogen functional groups attached to an aromatic ring is 1. The van der Waals surface area contributed by atoms with Gasteiger partial charge in [-0.3, -0.25) is 4.72 Å². The third kappa shape index (κ3) is 4.22. The summed E-state index contributed by atoms with van der Waals surface area (Å²) in [4.78, 5) is 0. The minimum atomic E-state index is -3.28. The molecule has 0 saturated heterocycles. The van der Waals surface area contributed by atoms with E-state index in [2.05, 4.69) is 4.72 Å². The second-order valence-corrected chi connectivity index (χ2v) is 6.98. The Morgan fingerprint density at radius 1 is 1.22 bits per heavy atom. The Balaban J connectivity index is 2.91. The average molecular weight is 270 g/mol. The molecule has 18 heavy (non-hydrogen) atoms. The Hall–Kier alpha value is -1.23. The molecule has 0 amide bonds. The molecule has 0 unspecified atom stereocenters. The molecule has 5 heteroatoms. The second kappa shape index (κ2) is 5.61. The van der Waals surface area contributed by atoms with Crippen molar-refractivity contribution in [3.63, 3.8) is 0 Å². The van der Waals surface area contributed by atoms with E-state index < -0.39 is 10.0 Å². The van der Waals surface area contributed by atoms with Gasteiger partial charge in [0.1, 0.15) is 0 Å². The highest BCUT2D eigenvalue weighted by Crippen LogP contribution is 2.24.